The number of nitrogens with zero attached hydrogens (tertiary/aromatic N) is 1. The van der Waals surface area contributed by atoms with Gasteiger partial charge >= 0.3 is 0 Å². The third kappa shape index (κ3) is 3.14. The van der Waals surface area contributed by atoms with Crippen molar-refractivity contribution in [1.82, 2.24) is 0 Å². The summed E-state index contributed by atoms with van der Waals surface area (Å²) >= 11 is 0. The molecule has 0 radical (unpaired) electrons. The van der Waals surface area contributed by atoms with Crippen molar-refractivity contribution in [2.24, 2.45) is 0 Å². The van der Waals surface area contributed by atoms with Gasteiger partial charge in [-0.15, -0.1) is 0 Å². The monoisotopic (exact) mass is 386 g/mol. The maximum atomic E-state index is 12.7. The lowest BCUT2D eigenvalue weighted by Gasteiger charge is -2.15. The average Bonchev–Trinajstić information content (AvgIpc) is 2.96. The number of imide groups is 1. The molecule has 0 unspecified atom stereocenters. The number of fused-ring (bicyclic) bond motifs is 1. The van der Waals surface area contributed by atoms with Crippen molar-refractivity contribution in [3.63, 3.8) is 0 Å². The minimum absolute atomic E-state index is 0.0485. The van der Waals surface area contributed by atoms with Crippen LogP contribution >= 0.6 is 0 Å². The Labute approximate surface area is 167 Å². The molecule has 0 aromatic heterocycles. The molecule has 0 bridgehead atoms. The molecule has 6 heteroatoms. The summed E-state index contributed by atoms with van der Waals surface area (Å²) in [6.45, 7) is 3.97. The Morgan fingerprint density at radius 2 is 1.59 bits per heavy atom. The number of rotatable bonds is 4. The number of carbonyl (C=O) groups excluding carboxylic acids is 3. The second-order valence-electron chi connectivity index (χ2n) is 6.79. The lowest BCUT2D eigenvalue weighted by molar-refractivity contribution is -0.255. The van der Waals surface area contributed by atoms with Crippen molar-refractivity contribution < 1.29 is 24.2 Å². The summed E-state index contributed by atoms with van der Waals surface area (Å²) in [5, 5.41) is 11.0. The van der Waals surface area contributed by atoms with Gasteiger partial charge in [-0.3, -0.25) is 9.59 Å². The fraction of sp³-hybridized carbons (Fsp3) is 0.0870. The molecule has 0 N–H and O–H groups in total. The van der Waals surface area contributed by atoms with Crippen molar-refractivity contribution in [2.75, 3.05) is 4.90 Å². The zero-order chi connectivity index (χ0) is 20.7. The van der Waals surface area contributed by atoms with Gasteiger partial charge in [-0.25, -0.2) is 4.90 Å². The van der Waals surface area contributed by atoms with Crippen molar-refractivity contribution in [2.45, 2.75) is 13.8 Å². The topological polar surface area (TPSA) is 86.7 Å². The van der Waals surface area contributed by atoms with Gasteiger partial charge in [-0.2, -0.15) is 0 Å². The number of aryl methyl sites for hydroxylation is 1. The quantitative estimate of drug-likeness (QED) is 0.643. The third-order valence-corrected chi connectivity index (χ3v) is 5.00. The van der Waals surface area contributed by atoms with Gasteiger partial charge in [0.1, 0.15) is 11.5 Å². The summed E-state index contributed by atoms with van der Waals surface area (Å²) in [5.74, 6) is -1.18. The van der Waals surface area contributed by atoms with E-state index in [0.717, 1.165) is 21.8 Å². The number of amides is 2. The number of hydrogen-bond acceptors (Lipinski definition) is 5. The molecular formula is C23H16NO5-. The molecule has 144 valence electrons. The molecule has 29 heavy (non-hydrogen) atoms. The SMILES string of the molecule is Cc1cccc(Oc2ccc(N3C(=O)c4ccc(C(=O)[O-])cc4C3=O)cc2)c1C. The third-order valence-electron chi connectivity index (χ3n) is 5.00. The second-order valence-corrected chi connectivity index (χ2v) is 6.79. The van der Waals surface area contributed by atoms with E-state index in [1.54, 1.807) is 24.3 Å². The summed E-state index contributed by atoms with van der Waals surface area (Å²) in [7, 11) is 0. The number of carbonyl (C=O) groups is 3. The minimum atomic E-state index is -1.40. The lowest BCUT2D eigenvalue weighted by atomic mass is 10.1. The van der Waals surface area contributed by atoms with Gasteiger partial charge in [0.2, 0.25) is 0 Å². The molecule has 1 heterocycles. The Morgan fingerprint density at radius 3 is 2.28 bits per heavy atom. The summed E-state index contributed by atoms with van der Waals surface area (Å²) in [4.78, 5) is 37.4. The highest BCUT2D eigenvalue weighted by molar-refractivity contribution is 6.34. The van der Waals surface area contributed by atoms with Crippen LogP contribution in [-0.4, -0.2) is 17.8 Å². The smallest absolute Gasteiger partial charge is 0.266 e. The number of anilines is 1. The lowest BCUT2D eigenvalue weighted by Crippen LogP contribution is -2.29. The highest BCUT2D eigenvalue weighted by atomic mass is 16.5. The highest BCUT2D eigenvalue weighted by Crippen LogP contribution is 2.32. The summed E-state index contributed by atoms with van der Waals surface area (Å²) in [6.07, 6.45) is 0. The van der Waals surface area contributed by atoms with Crippen LogP contribution in [0, 0.1) is 13.8 Å². The van der Waals surface area contributed by atoms with Gasteiger partial charge in [0.25, 0.3) is 11.8 Å². The first-order valence-electron chi connectivity index (χ1n) is 8.95. The Morgan fingerprint density at radius 1 is 0.897 bits per heavy atom. The molecule has 1 aliphatic rings. The number of ether oxygens (including phenoxy) is 1. The molecule has 1 aliphatic heterocycles. The molecule has 3 aromatic rings. The first kappa shape index (κ1) is 18.4. The van der Waals surface area contributed by atoms with Crippen LogP contribution in [0.2, 0.25) is 0 Å². The standard InChI is InChI=1S/C23H17NO5/c1-13-4-3-5-20(14(13)2)29-17-9-7-16(8-10-17)24-21(25)18-11-6-15(23(27)28)12-19(18)22(24)26/h3-12H,1-2H3,(H,27,28)/p-1. The molecule has 4 rings (SSSR count). The van der Waals surface area contributed by atoms with E-state index in [-0.39, 0.29) is 16.7 Å². The molecule has 0 aliphatic carbocycles. The maximum Gasteiger partial charge on any atom is 0.266 e. The van der Waals surface area contributed by atoms with E-state index in [9.17, 15) is 19.5 Å². The van der Waals surface area contributed by atoms with E-state index in [1.165, 1.54) is 18.2 Å². The van der Waals surface area contributed by atoms with Crippen LogP contribution in [0.25, 0.3) is 0 Å². The number of aromatic carboxylic acids is 1. The number of benzene rings is 3. The van der Waals surface area contributed by atoms with Crippen LogP contribution < -0.4 is 14.7 Å². The van der Waals surface area contributed by atoms with Gasteiger partial charge in [0.05, 0.1) is 22.8 Å². The van der Waals surface area contributed by atoms with Crippen molar-refractivity contribution in [3.8, 4) is 11.5 Å². The molecule has 0 fully saturated rings. The predicted molar refractivity (Wildman–Crippen MR) is 104 cm³/mol. The second kappa shape index (κ2) is 6.91. The van der Waals surface area contributed by atoms with E-state index in [1.807, 2.05) is 32.0 Å². The van der Waals surface area contributed by atoms with Crippen LogP contribution in [0.5, 0.6) is 11.5 Å². The zero-order valence-electron chi connectivity index (χ0n) is 15.8. The Kier molecular flexibility index (Phi) is 4.39. The molecule has 3 aromatic carbocycles. The van der Waals surface area contributed by atoms with E-state index >= 15 is 0 Å². The van der Waals surface area contributed by atoms with Crippen molar-refractivity contribution in [1.29, 1.82) is 0 Å². The van der Waals surface area contributed by atoms with E-state index in [2.05, 4.69) is 0 Å². The van der Waals surface area contributed by atoms with Crippen LogP contribution in [0.3, 0.4) is 0 Å². The summed E-state index contributed by atoms with van der Waals surface area (Å²) in [5.41, 5.74) is 2.58. The molecule has 0 saturated carbocycles. The normalized spacial score (nSPS) is 12.8. The van der Waals surface area contributed by atoms with Gasteiger partial charge < -0.3 is 14.6 Å². The minimum Gasteiger partial charge on any atom is -0.545 e. The summed E-state index contributed by atoms with van der Waals surface area (Å²) in [6, 6.07) is 16.1. The van der Waals surface area contributed by atoms with Crippen molar-refractivity contribution >= 4 is 23.5 Å². The molecule has 0 atom stereocenters. The molecule has 0 saturated heterocycles. The fourth-order valence-corrected chi connectivity index (χ4v) is 3.23. The highest BCUT2D eigenvalue weighted by Gasteiger charge is 2.36. The maximum absolute atomic E-state index is 12.7. The van der Waals surface area contributed by atoms with E-state index < -0.39 is 17.8 Å². The molecule has 2 amide bonds. The van der Waals surface area contributed by atoms with Gasteiger partial charge in [0.15, 0.2) is 0 Å². The number of hydrogen-bond donors (Lipinski definition) is 0. The van der Waals surface area contributed by atoms with Crippen molar-refractivity contribution in [3.05, 3.63) is 88.5 Å². The van der Waals surface area contributed by atoms with E-state index in [4.69, 9.17) is 4.74 Å². The van der Waals surface area contributed by atoms with Crippen LogP contribution in [-0.2, 0) is 0 Å². The van der Waals surface area contributed by atoms with Gasteiger partial charge in [0, 0.05) is 0 Å². The Hall–Kier alpha value is -3.93. The first-order chi connectivity index (χ1) is 13.9. The largest absolute Gasteiger partial charge is 0.545 e. The molecule has 6 nitrogen and oxygen atoms in total. The van der Waals surface area contributed by atoms with Gasteiger partial charge in [-0.05, 0) is 73.0 Å². The summed E-state index contributed by atoms with van der Waals surface area (Å²) < 4.78 is 5.90. The van der Waals surface area contributed by atoms with E-state index in [0.29, 0.717) is 11.4 Å². The van der Waals surface area contributed by atoms with Crippen LogP contribution in [0.15, 0.2) is 60.7 Å². The van der Waals surface area contributed by atoms with Crippen LogP contribution in [0.1, 0.15) is 42.2 Å². The Bertz CT molecular complexity index is 1160. The van der Waals surface area contributed by atoms with Gasteiger partial charge in [-0.1, -0.05) is 18.2 Å². The predicted octanol–water partition coefficient (Wildman–Crippen LogP) is 3.26. The van der Waals surface area contributed by atoms with Crippen LogP contribution in [0.4, 0.5) is 5.69 Å². The fourth-order valence-electron chi connectivity index (χ4n) is 3.23. The average molecular weight is 386 g/mol. The molecular weight excluding hydrogens is 370 g/mol. The first-order valence-corrected chi connectivity index (χ1v) is 8.95. The zero-order valence-corrected chi connectivity index (χ0v) is 15.8. The molecule has 0 spiro atoms. The number of carboxylic acids is 1. The Balaban J connectivity index is 1.61. The number of carboxylic acid groups (broad SMARTS) is 1.